The molecule has 0 bridgehead atoms. The highest BCUT2D eigenvalue weighted by Gasteiger charge is 2.12. The molecule has 8 heteroatoms. The third-order valence-electron chi connectivity index (χ3n) is 5.36. The third-order valence-corrected chi connectivity index (χ3v) is 6.36. The summed E-state index contributed by atoms with van der Waals surface area (Å²) in [6.45, 7) is 8.72. The van der Waals surface area contributed by atoms with Crippen molar-refractivity contribution in [1.29, 1.82) is 0 Å². The summed E-state index contributed by atoms with van der Waals surface area (Å²) in [4.78, 5) is 36.4. The lowest BCUT2D eigenvalue weighted by molar-refractivity contribution is -0.129. The Kier molecular flexibility index (Phi) is 16.0. The van der Waals surface area contributed by atoms with Crippen LogP contribution in [0.1, 0.15) is 76.6 Å². The maximum Gasteiger partial charge on any atom is 0.252 e. The van der Waals surface area contributed by atoms with E-state index in [1.807, 2.05) is 12.1 Å². The number of rotatable bonds is 16. The van der Waals surface area contributed by atoms with Crippen LogP contribution in [0.25, 0.3) is 0 Å². The molecule has 1 aromatic rings. The summed E-state index contributed by atoms with van der Waals surface area (Å²) in [5, 5.41) is 13.7. The maximum atomic E-state index is 12.6. The van der Waals surface area contributed by atoms with Gasteiger partial charge in [0.2, 0.25) is 11.8 Å². The van der Waals surface area contributed by atoms with Gasteiger partial charge in [0, 0.05) is 23.6 Å². The minimum atomic E-state index is -0.505. The summed E-state index contributed by atoms with van der Waals surface area (Å²) >= 11 is 1.60. The Balaban J connectivity index is 2.45. The second kappa shape index (κ2) is 18.4. The largest absolute Gasteiger partial charge is 0.355 e. The van der Waals surface area contributed by atoms with E-state index in [0.29, 0.717) is 12.0 Å². The Hall–Kier alpha value is -2.84. The molecule has 198 valence electrons. The molecule has 1 rings (SSSR count). The average molecular weight is 516 g/mol. The second-order valence-electron chi connectivity index (χ2n) is 8.94. The lowest BCUT2D eigenvalue weighted by Gasteiger charge is -2.10. The highest BCUT2D eigenvalue weighted by atomic mass is 32.2. The minimum Gasteiger partial charge on any atom is -0.355 e. The number of allylic oxidation sites excluding steroid dienone is 5. The Morgan fingerprint density at radius 2 is 1.53 bits per heavy atom. The number of benzene rings is 1. The van der Waals surface area contributed by atoms with Crippen molar-refractivity contribution >= 4 is 29.5 Å². The van der Waals surface area contributed by atoms with Gasteiger partial charge in [-0.2, -0.15) is 0 Å². The second-order valence-corrected chi connectivity index (χ2v) is 10.00. The van der Waals surface area contributed by atoms with Gasteiger partial charge in [0.05, 0.1) is 12.1 Å². The monoisotopic (exact) mass is 515 g/mol. The molecule has 0 aromatic heterocycles. The summed E-state index contributed by atoms with van der Waals surface area (Å²) in [5.41, 5.74) is 6.20. The Bertz CT molecular complexity index is 950. The van der Waals surface area contributed by atoms with Crippen molar-refractivity contribution < 1.29 is 19.6 Å². The van der Waals surface area contributed by atoms with Gasteiger partial charge in [0.25, 0.3) is 5.91 Å². The van der Waals surface area contributed by atoms with Crippen molar-refractivity contribution in [1.82, 2.24) is 16.1 Å². The van der Waals surface area contributed by atoms with Crippen molar-refractivity contribution in [2.24, 2.45) is 0 Å². The molecule has 7 nitrogen and oxygen atoms in total. The summed E-state index contributed by atoms with van der Waals surface area (Å²) in [7, 11) is 0. The predicted molar refractivity (Wildman–Crippen MR) is 147 cm³/mol. The van der Waals surface area contributed by atoms with E-state index in [2.05, 4.69) is 56.6 Å². The summed E-state index contributed by atoms with van der Waals surface area (Å²) in [6, 6.07) is 7.36. The summed E-state index contributed by atoms with van der Waals surface area (Å²) in [5.74, 6) is -0.379. The van der Waals surface area contributed by atoms with Crippen molar-refractivity contribution in [3.8, 4) is 0 Å². The van der Waals surface area contributed by atoms with Crippen LogP contribution in [0.4, 0.5) is 0 Å². The van der Waals surface area contributed by atoms with Gasteiger partial charge < -0.3 is 10.6 Å². The summed E-state index contributed by atoms with van der Waals surface area (Å²) < 4.78 is 0. The maximum absolute atomic E-state index is 12.6. The quantitative estimate of drug-likeness (QED) is 0.0783. The molecule has 0 radical (unpaired) electrons. The zero-order valence-electron chi connectivity index (χ0n) is 22.0. The number of amides is 3. The molecule has 0 aliphatic rings. The van der Waals surface area contributed by atoms with Gasteiger partial charge in [-0.3, -0.25) is 19.6 Å². The number of hydroxylamine groups is 1. The van der Waals surface area contributed by atoms with Crippen LogP contribution < -0.4 is 16.1 Å². The fraction of sp³-hybridized carbons (Fsp3) is 0.464. The van der Waals surface area contributed by atoms with Gasteiger partial charge in [-0.15, -0.1) is 11.8 Å². The SMILES string of the molecule is CC(C)=CCC/C(C)=C/CC/C(C)=C/CSc1ccccc1C(=O)NCC(=O)NCCCC(=O)NO. The number of carbonyl (C=O) groups is 3. The normalized spacial score (nSPS) is 11.6. The fourth-order valence-electron chi connectivity index (χ4n) is 3.24. The molecule has 0 unspecified atom stereocenters. The van der Waals surface area contributed by atoms with Gasteiger partial charge >= 0.3 is 0 Å². The first kappa shape index (κ1) is 31.2. The third kappa shape index (κ3) is 14.5. The highest BCUT2D eigenvalue weighted by Crippen LogP contribution is 2.23. The van der Waals surface area contributed by atoms with E-state index in [1.54, 1.807) is 29.4 Å². The van der Waals surface area contributed by atoms with E-state index < -0.39 is 5.91 Å². The Morgan fingerprint density at radius 3 is 2.22 bits per heavy atom. The van der Waals surface area contributed by atoms with E-state index in [9.17, 15) is 14.4 Å². The van der Waals surface area contributed by atoms with E-state index in [4.69, 9.17) is 5.21 Å². The lowest BCUT2D eigenvalue weighted by atomic mass is 10.1. The zero-order valence-corrected chi connectivity index (χ0v) is 22.8. The van der Waals surface area contributed by atoms with Gasteiger partial charge in [0.15, 0.2) is 0 Å². The molecule has 4 N–H and O–H groups in total. The van der Waals surface area contributed by atoms with Gasteiger partial charge in [-0.05, 0) is 71.9 Å². The van der Waals surface area contributed by atoms with Crippen molar-refractivity contribution in [3.63, 3.8) is 0 Å². The molecule has 0 saturated heterocycles. The molecule has 0 spiro atoms. The molecule has 0 aliphatic heterocycles. The van der Waals surface area contributed by atoms with Crippen LogP contribution in [0.15, 0.2) is 64.1 Å². The fourth-order valence-corrected chi connectivity index (χ4v) is 4.28. The Morgan fingerprint density at radius 1 is 0.861 bits per heavy atom. The standard InChI is InChI=1S/C28H41N3O4S/c1-21(2)10-7-11-22(3)12-8-13-23(4)17-19-36-25-15-6-5-14-24(25)28(34)30-20-27(33)29-18-9-16-26(32)31-35/h5-6,10,12,14-15,17,35H,7-9,11,13,16,18-20H2,1-4H3,(H,29,33)(H,30,34)(H,31,32)/b22-12+,23-17+. The molecule has 0 aliphatic carbocycles. The van der Waals surface area contributed by atoms with Crippen LogP contribution >= 0.6 is 11.8 Å². The lowest BCUT2D eigenvalue weighted by Crippen LogP contribution is -2.37. The van der Waals surface area contributed by atoms with E-state index >= 15 is 0 Å². The number of nitrogens with one attached hydrogen (secondary N) is 3. The number of hydrogen-bond acceptors (Lipinski definition) is 5. The number of carbonyl (C=O) groups excluding carboxylic acids is 3. The van der Waals surface area contributed by atoms with Gasteiger partial charge in [-0.1, -0.05) is 47.1 Å². The highest BCUT2D eigenvalue weighted by molar-refractivity contribution is 7.99. The van der Waals surface area contributed by atoms with Crippen molar-refractivity contribution in [2.45, 2.75) is 71.1 Å². The van der Waals surface area contributed by atoms with Gasteiger partial charge in [0.1, 0.15) is 0 Å². The molecule has 0 heterocycles. The minimum absolute atomic E-state index is 0.106. The molecule has 0 saturated carbocycles. The molecular formula is C28H41N3O4S. The first-order valence-electron chi connectivity index (χ1n) is 12.4. The Labute approximate surface area is 219 Å². The molecular weight excluding hydrogens is 474 g/mol. The topological polar surface area (TPSA) is 108 Å². The molecule has 0 fully saturated rings. The molecule has 36 heavy (non-hydrogen) atoms. The van der Waals surface area contributed by atoms with E-state index in [0.717, 1.165) is 36.3 Å². The smallest absolute Gasteiger partial charge is 0.252 e. The van der Waals surface area contributed by atoms with E-state index in [-0.39, 0.29) is 31.3 Å². The van der Waals surface area contributed by atoms with Crippen LogP contribution in [-0.4, -0.2) is 41.8 Å². The van der Waals surface area contributed by atoms with Crippen LogP contribution in [-0.2, 0) is 9.59 Å². The zero-order chi connectivity index (χ0) is 26.8. The van der Waals surface area contributed by atoms with Crippen molar-refractivity contribution in [3.05, 3.63) is 64.8 Å². The molecule has 3 amide bonds. The molecule has 1 aromatic carbocycles. The van der Waals surface area contributed by atoms with Crippen LogP contribution in [0.2, 0.25) is 0 Å². The first-order chi connectivity index (χ1) is 17.2. The van der Waals surface area contributed by atoms with Gasteiger partial charge in [-0.25, -0.2) is 5.48 Å². The predicted octanol–water partition coefficient (Wildman–Crippen LogP) is 5.33. The first-order valence-corrected chi connectivity index (χ1v) is 13.4. The average Bonchev–Trinajstić information content (AvgIpc) is 2.85. The van der Waals surface area contributed by atoms with Crippen LogP contribution in [0.5, 0.6) is 0 Å². The van der Waals surface area contributed by atoms with Crippen LogP contribution in [0.3, 0.4) is 0 Å². The number of hydrogen-bond donors (Lipinski definition) is 4. The van der Waals surface area contributed by atoms with Crippen LogP contribution in [0, 0.1) is 0 Å². The van der Waals surface area contributed by atoms with E-state index in [1.165, 1.54) is 16.7 Å². The summed E-state index contributed by atoms with van der Waals surface area (Å²) in [6.07, 6.45) is 11.6. The van der Waals surface area contributed by atoms with Crippen molar-refractivity contribution in [2.75, 3.05) is 18.8 Å². The number of thioether (sulfide) groups is 1. The molecule has 0 atom stereocenters.